The van der Waals surface area contributed by atoms with E-state index < -0.39 is 10.0 Å². The van der Waals surface area contributed by atoms with Crippen LogP contribution in [0.15, 0.2) is 29.2 Å². The van der Waals surface area contributed by atoms with E-state index in [9.17, 15) is 8.42 Å². The summed E-state index contributed by atoms with van der Waals surface area (Å²) in [5.41, 5.74) is 0.990. The lowest BCUT2D eigenvalue weighted by atomic mass is 10.1. The van der Waals surface area contributed by atoms with Crippen molar-refractivity contribution >= 4 is 10.0 Å². The first-order chi connectivity index (χ1) is 12.6. The molecular weight excluding hydrogens is 346 g/mol. The molecule has 0 aliphatic carbocycles. The maximum Gasteiger partial charge on any atom is 0.243 e. The van der Waals surface area contributed by atoms with Gasteiger partial charge in [-0.25, -0.2) is 8.42 Å². The predicted octanol–water partition coefficient (Wildman–Crippen LogP) is 2.61. The van der Waals surface area contributed by atoms with Crippen molar-refractivity contribution in [2.45, 2.75) is 56.4 Å². The number of hydrogen-bond donors (Lipinski definition) is 1. The van der Waals surface area contributed by atoms with E-state index in [1.807, 2.05) is 19.1 Å². The minimum atomic E-state index is -3.44. The largest absolute Gasteiger partial charge is 0.317 e. The van der Waals surface area contributed by atoms with Crippen molar-refractivity contribution in [1.82, 2.24) is 14.5 Å². The van der Waals surface area contributed by atoms with Crippen LogP contribution in [0, 0.1) is 6.92 Å². The van der Waals surface area contributed by atoms with Gasteiger partial charge < -0.3 is 10.2 Å². The van der Waals surface area contributed by atoms with E-state index in [0.717, 1.165) is 57.5 Å². The SMILES string of the molecule is Cc1cccc(S(=O)(=O)N(CCCN2CCCCC2)C2CCNCC2)c1. The fraction of sp³-hybridized carbons (Fsp3) is 0.700. The molecule has 2 heterocycles. The zero-order chi connectivity index (χ0) is 18.4. The molecule has 2 saturated heterocycles. The summed E-state index contributed by atoms with van der Waals surface area (Å²) >= 11 is 0. The molecule has 1 aromatic rings. The Bertz CT molecular complexity index is 665. The van der Waals surface area contributed by atoms with Gasteiger partial charge in [0.25, 0.3) is 0 Å². The van der Waals surface area contributed by atoms with Crippen LogP contribution in [0.5, 0.6) is 0 Å². The van der Waals surface area contributed by atoms with Crippen LogP contribution in [0.3, 0.4) is 0 Å². The molecule has 0 saturated carbocycles. The molecule has 0 atom stereocenters. The van der Waals surface area contributed by atoms with Gasteiger partial charge in [0.2, 0.25) is 10.0 Å². The Hall–Kier alpha value is -0.950. The third kappa shape index (κ3) is 5.06. The third-order valence-electron chi connectivity index (χ3n) is 5.61. The number of nitrogens with one attached hydrogen (secondary N) is 1. The van der Waals surface area contributed by atoms with Crippen molar-refractivity contribution in [3.63, 3.8) is 0 Å². The van der Waals surface area contributed by atoms with Crippen LogP contribution in [-0.2, 0) is 10.0 Å². The topological polar surface area (TPSA) is 52.7 Å². The summed E-state index contributed by atoms with van der Waals surface area (Å²) in [4.78, 5) is 2.93. The molecule has 0 bridgehead atoms. The molecular formula is C20H33N3O2S. The number of rotatable bonds is 7. The summed E-state index contributed by atoms with van der Waals surface area (Å²) in [5.74, 6) is 0. The van der Waals surface area contributed by atoms with Crippen LogP contribution in [0.2, 0.25) is 0 Å². The number of nitrogens with zero attached hydrogens (tertiary/aromatic N) is 2. The number of likely N-dealkylation sites (tertiary alicyclic amines) is 1. The Morgan fingerprint density at radius 3 is 2.58 bits per heavy atom. The molecule has 1 N–H and O–H groups in total. The quantitative estimate of drug-likeness (QED) is 0.791. The van der Waals surface area contributed by atoms with E-state index in [0.29, 0.717) is 11.4 Å². The van der Waals surface area contributed by atoms with Gasteiger partial charge in [0.1, 0.15) is 0 Å². The van der Waals surface area contributed by atoms with Gasteiger partial charge in [0.15, 0.2) is 0 Å². The third-order valence-corrected chi connectivity index (χ3v) is 7.56. The molecule has 3 rings (SSSR count). The zero-order valence-corrected chi connectivity index (χ0v) is 16.8. The molecule has 2 aliphatic heterocycles. The smallest absolute Gasteiger partial charge is 0.243 e. The number of piperidine rings is 2. The van der Waals surface area contributed by atoms with E-state index in [-0.39, 0.29) is 6.04 Å². The lowest BCUT2D eigenvalue weighted by Gasteiger charge is -2.34. The molecule has 2 aliphatic rings. The average molecular weight is 380 g/mol. The molecule has 2 fully saturated rings. The van der Waals surface area contributed by atoms with Crippen molar-refractivity contribution in [3.05, 3.63) is 29.8 Å². The molecule has 0 unspecified atom stereocenters. The Kier molecular flexibility index (Phi) is 7.09. The molecule has 5 nitrogen and oxygen atoms in total. The monoisotopic (exact) mass is 379 g/mol. The molecule has 1 aromatic carbocycles. The van der Waals surface area contributed by atoms with Crippen molar-refractivity contribution in [2.75, 3.05) is 39.3 Å². The van der Waals surface area contributed by atoms with Gasteiger partial charge in [0.05, 0.1) is 4.90 Å². The second-order valence-electron chi connectivity index (χ2n) is 7.67. The highest BCUT2D eigenvalue weighted by Gasteiger charge is 2.32. The zero-order valence-electron chi connectivity index (χ0n) is 16.0. The first kappa shape index (κ1) is 19.8. The summed E-state index contributed by atoms with van der Waals surface area (Å²) in [6.45, 7) is 7.70. The lowest BCUT2D eigenvalue weighted by Crippen LogP contribution is -2.47. The Labute approximate surface area is 158 Å². The first-order valence-electron chi connectivity index (χ1n) is 10.1. The highest BCUT2D eigenvalue weighted by Crippen LogP contribution is 2.24. The molecule has 0 aromatic heterocycles. The second kappa shape index (κ2) is 9.31. The van der Waals surface area contributed by atoms with Crippen molar-refractivity contribution in [2.24, 2.45) is 0 Å². The highest BCUT2D eigenvalue weighted by molar-refractivity contribution is 7.89. The predicted molar refractivity (Wildman–Crippen MR) is 106 cm³/mol. The average Bonchev–Trinajstić information content (AvgIpc) is 2.66. The van der Waals surface area contributed by atoms with Gasteiger partial charge in [0, 0.05) is 12.6 Å². The van der Waals surface area contributed by atoms with Gasteiger partial charge >= 0.3 is 0 Å². The minimum Gasteiger partial charge on any atom is -0.317 e. The van der Waals surface area contributed by atoms with Crippen molar-refractivity contribution < 1.29 is 8.42 Å². The second-order valence-corrected chi connectivity index (χ2v) is 9.56. The van der Waals surface area contributed by atoms with Gasteiger partial charge in [-0.3, -0.25) is 0 Å². The van der Waals surface area contributed by atoms with Gasteiger partial charge in [-0.15, -0.1) is 0 Å². The van der Waals surface area contributed by atoms with Gasteiger partial charge in [-0.2, -0.15) is 4.31 Å². The molecule has 146 valence electrons. The van der Waals surface area contributed by atoms with Crippen LogP contribution in [0.1, 0.15) is 44.1 Å². The van der Waals surface area contributed by atoms with Crippen LogP contribution in [0.25, 0.3) is 0 Å². The van der Waals surface area contributed by atoms with Crippen LogP contribution in [0.4, 0.5) is 0 Å². The summed E-state index contributed by atoms with van der Waals surface area (Å²) in [7, 11) is -3.44. The molecule has 6 heteroatoms. The van der Waals surface area contributed by atoms with E-state index in [4.69, 9.17) is 0 Å². The minimum absolute atomic E-state index is 0.114. The summed E-state index contributed by atoms with van der Waals surface area (Å²) in [5, 5.41) is 3.35. The maximum atomic E-state index is 13.4. The van der Waals surface area contributed by atoms with E-state index >= 15 is 0 Å². The van der Waals surface area contributed by atoms with Crippen LogP contribution < -0.4 is 5.32 Å². The summed E-state index contributed by atoms with van der Waals surface area (Å²) < 4.78 is 28.5. The number of benzene rings is 1. The van der Waals surface area contributed by atoms with Crippen molar-refractivity contribution in [1.29, 1.82) is 0 Å². The molecule has 26 heavy (non-hydrogen) atoms. The summed E-state index contributed by atoms with van der Waals surface area (Å²) in [6, 6.07) is 7.44. The lowest BCUT2D eigenvalue weighted by molar-refractivity contribution is 0.205. The molecule has 0 radical (unpaired) electrons. The number of hydrogen-bond acceptors (Lipinski definition) is 4. The molecule has 0 amide bonds. The first-order valence-corrected chi connectivity index (χ1v) is 11.5. The van der Waals surface area contributed by atoms with E-state index in [1.165, 1.54) is 19.3 Å². The highest BCUT2D eigenvalue weighted by atomic mass is 32.2. The Morgan fingerprint density at radius 2 is 1.88 bits per heavy atom. The fourth-order valence-electron chi connectivity index (χ4n) is 4.14. The van der Waals surface area contributed by atoms with Crippen LogP contribution in [-0.4, -0.2) is 62.9 Å². The number of aryl methyl sites for hydroxylation is 1. The standard InChI is InChI=1S/C20H33N3O2S/c1-18-7-5-8-20(17-18)26(24,25)23(19-9-11-21-12-10-19)16-6-15-22-13-3-2-4-14-22/h5,7-8,17,19,21H,2-4,6,9-16H2,1H3. The van der Waals surface area contributed by atoms with Gasteiger partial charge in [-0.1, -0.05) is 18.6 Å². The summed E-state index contributed by atoms with van der Waals surface area (Å²) in [6.07, 6.45) is 6.59. The van der Waals surface area contributed by atoms with Gasteiger partial charge in [-0.05, 0) is 89.4 Å². The fourth-order valence-corrected chi connectivity index (χ4v) is 5.97. The maximum absolute atomic E-state index is 13.4. The van der Waals surface area contributed by atoms with Crippen LogP contribution >= 0.6 is 0 Å². The normalized spacial score (nSPS) is 20.5. The van der Waals surface area contributed by atoms with E-state index in [2.05, 4.69) is 10.2 Å². The Morgan fingerprint density at radius 1 is 1.15 bits per heavy atom. The van der Waals surface area contributed by atoms with Crippen molar-refractivity contribution in [3.8, 4) is 0 Å². The van der Waals surface area contributed by atoms with E-state index in [1.54, 1.807) is 16.4 Å². The Balaban J connectivity index is 1.71. The molecule has 0 spiro atoms. The number of sulfonamides is 1.